The van der Waals surface area contributed by atoms with Gasteiger partial charge in [-0.25, -0.2) is 0 Å². The molecular formula is C22H24Cl2N2O3. The molecular weight excluding hydrogens is 411 g/mol. The van der Waals surface area contributed by atoms with Crippen LogP contribution in [0.3, 0.4) is 0 Å². The number of likely N-dealkylation sites (tertiary alicyclic amines) is 1. The molecule has 0 radical (unpaired) electrons. The standard InChI is InChI=1S/C22H24Cl2N2O3/c23-18-6-5-15(11-19(18)24)13-26-9-7-16(8-10-26)22(27)25-12-17-14-28-20-3-1-2-4-21(20)29-17/h1-6,11,16-17H,7-10,12-14H2,(H,25,27)/t17-/m0/s1. The van der Waals surface area contributed by atoms with Gasteiger partial charge in [-0.3, -0.25) is 9.69 Å². The van der Waals surface area contributed by atoms with Gasteiger partial charge in [-0.1, -0.05) is 41.4 Å². The molecule has 1 N–H and O–H groups in total. The Morgan fingerprint density at radius 3 is 2.59 bits per heavy atom. The first-order valence-electron chi connectivity index (χ1n) is 9.91. The molecule has 0 saturated carbocycles. The summed E-state index contributed by atoms with van der Waals surface area (Å²) >= 11 is 12.1. The Labute approximate surface area is 180 Å². The maximum atomic E-state index is 12.6. The molecule has 2 aliphatic rings. The number of hydrogen-bond donors (Lipinski definition) is 1. The average molecular weight is 435 g/mol. The molecule has 2 heterocycles. The predicted molar refractivity (Wildman–Crippen MR) is 114 cm³/mol. The van der Waals surface area contributed by atoms with Crippen LogP contribution in [0, 0.1) is 5.92 Å². The Morgan fingerprint density at radius 2 is 1.83 bits per heavy atom. The van der Waals surface area contributed by atoms with Gasteiger partial charge in [0, 0.05) is 12.5 Å². The maximum absolute atomic E-state index is 12.6. The van der Waals surface area contributed by atoms with Gasteiger partial charge < -0.3 is 14.8 Å². The summed E-state index contributed by atoms with van der Waals surface area (Å²) in [4.78, 5) is 14.9. The third kappa shape index (κ3) is 5.16. The van der Waals surface area contributed by atoms with Crippen LogP contribution in [0.5, 0.6) is 11.5 Å². The van der Waals surface area contributed by atoms with E-state index in [1.54, 1.807) is 0 Å². The van der Waals surface area contributed by atoms with Gasteiger partial charge in [-0.15, -0.1) is 0 Å². The summed E-state index contributed by atoms with van der Waals surface area (Å²) in [6, 6.07) is 13.3. The molecule has 1 saturated heterocycles. The fourth-order valence-corrected chi connectivity index (χ4v) is 4.09. The van der Waals surface area contributed by atoms with Gasteiger partial charge in [-0.05, 0) is 55.8 Å². The number of hydrogen-bond acceptors (Lipinski definition) is 4. The van der Waals surface area contributed by atoms with Crippen LogP contribution in [-0.2, 0) is 11.3 Å². The van der Waals surface area contributed by atoms with Crippen LogP contribution in [0.25, 0.3) is 0 Å². The van der Waals surface area contributed by atoms with E-state index < -0.39 is 0 Å². The monoisotopic (exact) mass is 434 g/mol. The Bertz CT molecular complexity index is 869. The molecule has 0 bridgehead atoms. The van der Waals surface area contributed by atoms with Crippen molar-refractivity contribution in [2.75, 3.05) is 26.2 Å². The highest BCUT2D eigenvalue weighted by Gasteiger charge is 2.27. The third-order valence-electron chi connectivity index (χ3n) is 5.42. The molecule has 4 rings (SSSR count). The van der Waals surface area contributed by atoms with E-state index in [1.807, 2.05) is 42.5 Å². The summed E-state index contributed by atoms with van der Waals surface area (Å²) in [5, 5.41) is 4.19. The molecule has 1 fully saturated rings. The number of carbonyl (C=O) groups is 1. The van der Waals surface area contributed by atoms with Gasteiger partial charge in [0.25, 0.3) is 0 Å². The van der Waals surface area contributed by atoms with Crippen LogP contribution < -0.4 is 14.8 Å². The first kappa shape index (κ1) is 20.3. The van der Waals surface area contributed by atoms with Crippen LogP contribution in [0.1, 0.15) is 18.4 Å². The number of nitrogens with zero attached hydrogens (tertiary/aromatic N) is 1. The second-order valence-corrected chi connectivity index (χ2v) is 8.36. The van der Waals surface area contributed by atoms with E-state index in [4.69, 9.17) is 32.7 Å². The molecule has 2 aliphatic heterocycles. The molecule has 5 nitrogen and oxygen atoms in total. The van der Waals surface area contributed by atoms with Crippen molar-refractivity contribution in [2.24, 2.45) is 5.92 Å². The molecule has 1 amide bonds. The molecule has 154 valence electrons. The molecule has 0 unspecified atom stereocenters. The van der Waals surface area contributed by atoms with Gasteiger partial charge >= 0.3 is 0 Å². The van der Waals surface area contributed by atoms with Crippen LogP contribution in [0.15, 0.2) is 42.5 Å². The van der Waals surface area contributed by atoms with Crippen molar-refractivity contribution in [3.05, 3.63) is 58.1 Å². The van der Waals surface area contributed by atoms with Crippen LogP contribution in [0.4, 0.5) is 0 Å². The number of ether oxygens (including phenoxy) is 2. The Morgan fingerprint density at radius 1 is 1.07 bits per heavy atom. The number of carbonyl (C=O) groups excluding carboxylic acids is 1. The number of rotatable bonds is 5. The zero-order chi connectivity index (χ0) is 20.2. The van der Waals surface area contributed by atoms with Gasteiger partial charge in [-0.2, -0.15) is 0 Å². The molecule has 0 aromatic heterocycles. The van der Waals surface area contributed by atoms with E-state index in [2.05, 4.69) is 10.2 Å². The minimum atomic E-state index is -0.163. The molecule has 29 heavy (non-hydrogen) atoms. The number of fused-ring (bicyclic) bond motifs is 1. The summed E-state index contributed by atoms with van der Waals surface area (Å²) in [6.07, 6.45) is 1.53. The highest BCUT2D eigenvalue weighted by Crippen LogP contribution is 2.30. The Kier molecular flexibility index (Phi) is 6.48. The van der Waals surface area contributed by atoms with E-state index >= 15 is 0 Å². The Balaban J connectivity index is 1.21. The largest absolute Gasteiger partial charge is 0.486 e. The zero-order valence-corrected chi connectivity index (χ0v) is 17.6. The van der Waals surface area contributed by atoms with Crippen LogP contribution >= 0.6 is 23.2 Å². The van der Waals surface area contributed by atoms with Crippen molar-refractivity contribution in [2.45, 2.75) is 25.5 Å². The first-order valence-corrected chi connectivity index (χ1v) is 10.7. The number of amides is 1. The van der Waals surface area contributed by atoms with E-state index in [9.17, 15) is 4.79 Å². The molecule has 7 heteroatoms. The average Bonchev–Trinajstić information content (AvgIpc) is 2.75. The van der Waals surface area contributed by atoms with Gasteiger partial charge in [0.2, 0.25) is 5.91 Å². The summed E-state index contributed by atoms with van der Waals surface area (Å²) < 4.78 is 11.6. The lowest BCUT2D eigenvalue weighted by atomic mass is 9.95. The van der Waals surface area contributed by atoms with E-state index in [0.717, 1.165) is 49.5 Å². The van der Waals surface area contributed by atoms with Crippen molar-refractivity contribution < 1.29 is 14.3 Å². The number of nitrogens with one attached hydrogen (secondary N) is 1. The fraction of sp³-hybridized carbons (Fsp3) is 0.409. The molecule has 0 aliphatic carbocycles. The normalized spacial score (nSPS) is 19.7. The second kappa shape index (κ2) is 9.24. The van der Waals surface area contributed by atoms with Crippen molar-refractivity contribution >= 4 is 29.1 Å². The summed E-state index contributed by atoms with van der Waals surface area (Å²) in [6.45, 7) is 3.48. The van der Waals surface area contributed by atoms with Crippen molar-refractivity contribution in [1.29, 1.82) is 0 Å². The van der Waals surface area contributed by atoms with E-state index in [-0.39, 0.29) is 17.9 Å². The van der Waals surface area contributed by atoms with Crippen LogP contribution in [0.2, 0.25) is 10.0 Å². The topological polar surface area (TPSA) is 50.8 Å². The van der Waals surface area contributed by atoms with Crippen LogP contribution in [-0.4, -0.2) is 43.2 Å². The number of benzene rings is 2. The smallest absolute Gasteiger partial charge is 0.223 e. The number of para-hydroxylation sites is 2. The summed E-state index contributed by atoms with van der Waals surface area (Å²) in [5.41, 5.74) is 1.14. The minimum Gasteiger partial charge on any atom is -0.486 e. The predicted octanol–water partition coefficient (Wildman–Crippen LogP) is 4.16. The SMILES string of the molecule is O=C(NC[C@H]1COc2ccccc2O1)C1CCN(Cc2ccc(Cl)c(Cl)c2)CC1. The molecule has 1 atom stereocenters. The van der Waals surface area contributed by atoms with E-state index in [0.29, 0.717) is 23.2 Å². The second-order valence-electron chi connectivity index (χ2n) is 7.54. The van der Waals surface area contributed by atoms with Crippen molar-refractivity contribution in [1.82, 2.24) is 10.2 Å². The van der Waals surface area contributed by atoms with Gasteiger partial charge in [0.15, 0.2) is 11.5 Å². The highest BCUT2D eigenvalue weighted by atomic mass is 35.5. The zero-order valence-electron chi connectivity index (χ0n) is 16.1. The summed E-state index contributed by atoms with van der Waals surface area (Å²) in [7, 11) is 0. The molecule has 2 aromatic rings. The molecule has 2 aromatic carbocycles. The Hall–Kier alpha value is -1.95. The lowest BCUT2D eigenvalue weighted by Crippen LogP contribution is -2.45. The lowest BCUT2D eigenvalue weighted by molar-refractivity contribution is -0.127. The van der Waals surface area contributed by atoms with Crippen molar-refractivity contribution in [3.8, 4) is 11.5 Å². The maximum Gasteiger partial charge on any atom is 0.223 e. The fourth-order valence-electron chi connectivity index (χ4n) is 3.77. The van der Waals surface area contributed by atoms with E-state index in [1.165, 1.54) is 0 Å². The van der Waals surface area contributed by atoms with Crippen molar-refractivity contribution in [3.63, 3.8) is 0 Å². The van der Waals surface area contributed by atoms with Gasteiger partial charge in [0.05, 0.1) is 16.6 Å². The quantitative estimate of drug-likeness (QED) is 0.767. The summed E-state index contributed by atoms with van der Waals surface area (Å²) in [5.74, 6) is 1.62. The number of halogens is 2. The minimum absolute atomic E-state index is 0.0388. The number of piperidine rings is 1. The third-order valence-corrected chi connectivity index (χ3v) is 6.16. The van der Waals surface area contributed by atoms with Gasteiger partial charge in [0.1, 0.15) is 12.7 Å². The first-order chi connectivity index (χ1) is 14.1. The highest BCUT2D eigenvalue weighted by molar-refractivity contribution is 6.42. The molecule has 0 spiro atoms. The lowest BCUT2D eigenvalue weighted by Gasteiger charge is -2.32.